The van der Waals surface area contributed by atoms with Crippen LogP contribution in [0.4, 0.5) is 8.78 Å². The molecule has 2 aromatic rings. The maximum Gasteiger partial charge on any atom is 0.159 e. The smallest absolute Gasteiger partial charge is 0.159 e. The predicted octanol–water partition coefficient (Wildman–Crippen LogP) is 4.58. The molecular formula is C17H19F2NS. The van der Waals surface area contributed by atoms with Crippen LogP contribution in [0.1, 0.15) is 24.1 Å². The molecular weight excluding hydrogens is 288 g/mol. The monoisotopic (exact) mass is 307 g/mol. The van der Waals surface area contributed by atoms with E-state index in [9.17, 15) is 8.78 Å². The second-order valence-corrected chi connectivity index (χ2v) is 5.72. The summed E-state index contributed by atoms with van der Waals surface area (Å²) in [5.74, 6) is -1.59. The first-order chi connectivity index (χ1) is 10.1. The molecule has 21 heavy (non-hydrogen) atoms. The summed E-state index contributed by atoms with van der Waals surface area (Å²) < 4.78 is 26.3. The van der Waals surface area contributed by atoms with Gasteiger partial charge < -0.3 is 5.32 Å². The van der Waals surface area contributed by atoms with Crippen molar-refractivity contribution in [2.45, 2.75) is 24.3 Å². The van der Waals surface area contributed by atoms with Gasteiger partial charge in [0.2, 0.25) is 0 Å². The van der Waals surface area contributed by atoms with E-state index in [-0.39, 0.29) is 6.04 Å². The minimum atomic E-state index is -0.803. The van der Waals surface area contributed by atoms with E-state index in [1.54, 1.807) is 17.8 Å². The first-order valence-electron chi connectivity index (χ1n) is 6.95. The second kappa shape index (κ2) is 7.57. The van der Waals surface area contributed by atoms with Gasteiger partial charge in [-0.2, -0.15) is 0 Å². The summed E-state index contributed by atoms with van der Waals surface area (Å²) in [4.78, 5) is 1.21. The molecule has 0 amide bonds. The molecule has 0 radical (unpaired) electrons. The number of nitrogens with one attached hydrogen (secondary N) is 1. The van der Waals surface area contributed by atoms with Crippen molar-refractivity contribution in [3.8, 4) is 0 Å². The van der Waals surface area contributed by atoms with E-state index in [2.05, 4.69) is 29.6 Å². The van der Waals surface area contributed by atoms with E-state index in [0.29, 0.717) is 6.42 Å². The summed E-state index contributed by atoms with van der Waals surface area (Å²) in [6, 6.07) is 12.5. The maximum absolute atomic E-state index is 13.3. The number of likely N-dealkylation sites (N-methyl/N-ethyl adjacent to an activating group) is 1. The lowest BCUT2D eigenvalue weighted by Crippen LogP contribution is -2.23. The van der Waals surface area contributed by atoms with Gasteiger partial charge in [0, 0.05) is 10.9 Å². The third-order valence-electron chi connectivity index (χ3n) is 3.39. The van der Waals surface area contributed by atoms with E-state index in [1.807, 2.05) is 13.2 Å². The van der Waals surface area contributed by atoms with Gasteiger partial charge in [0.05, 0.1) is 0 Å². The molecule has 0 fully saturated rings. The number of thioether (sulfide) groups is 1. The zero-order chi connectivity index (χ0) is 15.2. The van der Waals surface area contributed by atoms with E-state index in [0.717, 1.165) is 17.7 Å². The van der Waals surface area contributed by atoms with Crippen molar-refractivity contribution in [1.82, 2.24) is 5.32 Å². The van der Waals surface area contributed by atoms with Gasteiger partial charge in [-0.1, -0.05) is 25.1 Å². The van der Waals surface area contributed by atoms with E-state index >= 15 is 0 Å². The van der Waals surface area contributed by atoms with Gasteiger partial charge in [0.1, 0.15) is 0 Å². The number of rotatable bonds is 6. The van der Waals surface area contributed by atoms with Crippen molar-refractivity contribution in [1.29, 1.82) is 0 Å². The van der Waals surface area contributed by atoms with Gasteiger partial charge >= 0.3 is 0 Å². The molecule has 1 nitrogen and oxygen atoms in total. The van der Waals surface area contributed by atoms with Crippen molar-refractivity contribution in [2.75, 3.05) is 12.8 Å². The summed E-state index contributed by atoms with van der Waals surface area (Å²) in [5, 5.41) is 3.40. The van der Waals surface area contributed by atoms with E-state index in [4.69, 9.17) is 0 Å². The van der Waals surface area contributed by atoms with Crippen LogP contribution in [-0.2, 0) is 6.42 Å². The molecule has 0 saturated heterocycles. The molecule has 0 aliphatic carbocycles. The summed E-state index contributed by atoms with van der Waals surface area (Å²) in [6.07, 6.45) is 2.67. The Morgan fingerprint density at radius 1 is 1.05 bits per heavy atom. The van der Waals surface area contributed by atoms with Crippen molar-refractivity contribution >= 4 is 11.8 Å². The van der Waals surface area contributed by atoms with Crippen LogP contribution in [0.2, 0.25) is 0 Å². The lowest BCUT2D eigenvalue weighted by molar-refractivity contribution is 0.502. The van der Waals surface area contributed by atoms with Gasteiger partial charge in [-0.3, -0.25) is 0 Å². The van der Waals surface area contributed by atoms with Gasteiger partial charge in [-0.15, -0.1) is 11.8 Å². The summed E-state index contributed by atoms with van der Waals surface area (Å²) in [7, 11) is 0. The van der Waals surface area contributed by atoms with Crippen LogP contribution in [-0.4, -0.2) is 12.8 Å². The molecule has 0 bridgehead atoms. The zero-order valence-corrected chi connectivity index (χ0v) is 13.0. The van der Waals surface area contributed by atoms with Crippen molar-refractivity contribution in [3.05, 3.63) is 65.2 Å². The Balaban J connectivity index is 2.19. The van der Waals surface area contributed by atoms with Gasteiger partial charge in [-0.05, 0) is 54.6 Å². The lowest BCUT2D eigenvalue weighted by atomic mass is 9.98. The van der Waals surface area contributed by atoms with Gasteiger partial charge in [0.25, 0.3) is 0 Å². The molecule has 0 spiro atoms. The first kappa shape index (κ1) is 16.0. The predicted molar refractivity (Wildman–Crippen MR) is 84.7 cm³/mol. The minimum Gasteiger partial charge on any atom is -0.310 e. The Kier molecular flexibility index (Phi) is 5.76. The topological polar surface area (TPSA) is 12.0 Å². The quantitative estimate of drug-likeness (QED) is 0.784. The molecule has 2 aromatic carbocycles. The van der Waals surface area contributed by atoms with Crippen LogP contribution >= 0.6 is 11.8 Å². The number of hydrogen-bond acceptors (Lipinski definition) is 2. The Morgan fingerprint density at radius 2 is 1.76 bits per heavy atom. The summed E-state index contributed by atoms with van der Waals surface area (Å²) in [6.45, 7) is 2.85. The fourth-order valence-electron chi connectivity index (χ4n) is 2.29. The van der Waals surface area contributed by atoms with E-state index < -0.39 is 11.6 Å². The van der Waals surface area contributed by atoms with Crippen LogP contribution < -0.4 is 5.32 Å². The highest BCUT2D eigenvalue weighted by Crippen LogP contribution is 2.22. The zero-order valence-electron chi connectivity index (χ0n) is 12.2. The number of hydrogen-bond donors (Lipinski definition) is 1. The highest BCUT2D eigenvalue weighted by molar-refractivity contribution is 7.98. The third-order valence-corrected chi connectivity index (χ3v) is 4.14. The molecule has 1 unspecified atom stereocenters. The second-order valence-electron chi connectivity index (χ2n) is 4.84. The average Bonchev–Trinajstić information content (AvgIpc) is 2.50. The van der Waals surface area contributed by atoms with E-state index in [1.165, 1.54) is 17.0 Å². The molecule has 1 N–H and O–H groups in total. The molecule has 0 aromatic heterocycles. The Hall–Kier alpha value is -1.39. The highest BCUT2D eigenvalue weighted by atomic mass is 32.2. The largest absolute Gasteiger partial charge is 0.310 e. The Bertz CT molecular complexity index is 584. The fourth-order valence-corrected chi connectivity index (χ4v) is 2.70. The SMILES string of the molecule is CCNC(Cc1ccc(F)c(F)c1)c1ccc(SC)cc1. The minimum absolute atomic E-state index is 0.0933. The molecule has 112 valence electrons. The normalized spacial score (nSPS) is 12.4. The molecule has 4 heteroatoms. The standard InChI is InChI=1S/C17H19F2NS/c1-3-20-17(13-5-7-14(21-2)8-6-13)11-12-4-9-15(18)16(19)10-12/h4-10,17,20H,3,11H2,1-2H3. The first-order valence-corrected chi connectivity index (χ1v) is 8.17. The molecule has 2 rings (SSSR count). The average molecular weight is 307 g/mol. The Morgan fingerprint density at radius 3 is 2.33 bits per heavy atom. The molecule has 1 atom stereocenters. The third kappa shape index (κ3) is 4.29. The number of halogens is 2. The van der Waals surface area contributed by atoms with Crippen LogP contribution in [0.3, 0.4) is 0 Å². The van der Waals surface area contributed by atoms with Crippen LogP contribution in [0, 0.1) is 11.6 Å². The highest BCUT2D eigenvalue weighted by Gasteiger charge is 2.12. The van der Waals surface area contributed by atoms with Crippen LogP contribution in [0.5, 0.6) is 0 Å². The molecule has 0 aliphatic heterocycles. The van der Waals surface area contributed by atoms with Crippen LogP contribution in [0.15, 0.2) is 47.4 Å². The van der Waals surface area contributed by atoms with Crippen molar-refractivity contribution in [2.24, 2.45) is 0 Å². The van der Waals surface area contributed by atoms with Gasteiger partial charge in [-0.25, -0.2) is 8.78 Å². The fraction of sp³-hybridized carbons (Fsp3) is 0.294. The molecule has 0 saturated carbocycles. The Labute approximate surface area is 128 Å². The van der Waals surface area contributed by atoms with Crippen molar-refractivity contribution < 1.29 is 8.78 Å². The van der Waals surface area contributed by atoms with Crippen molar-refractivity contribution in [3.63, 3.8) is 0 Å². The number of benzene rings is 2. The van der Waals surface area contributed by atoms with Crippen LogP contribution in [0.25, 0.3) is 0 Å². The molecule has 0 aliphatic rings. The van der Waals surface area contributed by atoms with Gasteiger partial charge in [0.15, 0.2) is 11.6 Å². The maximum atomic E-state index is 13.3. The summed E-state index contributed by atoms with van der Waals surface area (Å²) >= 11 is 1.70. The summed E-state index contributed by atoms with van der Waals surface area (Å²) in [5.41, 5.74) is 1.94. The molecule has 0 heterocycles. The lowest BCUT2D eigenvalue weighted by Gasteiger charge is -2.19.